The standard InChI is InChI=1S/C30H46O2.2Na/c1-17-19(27(3,4)5)15-21(29(9,10)11)25(31)23(17)24-18(2)20(28(6,7)8)16-22(26(24)32)30(12,13)14;;/h15-16,31-32H,1-14H3;;/q;2*+1/p-2. The average molecular weight is 483 g/mol. The van der Waals surface area contributed by atoms with Crippen LogP contribution in [0.15, 0.2) is 12.1 Å². The van der Waals surface area contributed by atoms with Crippen molar-refractivity contribution in [1.82, 2.24) is 0 Å². The van der Waals surface area contributed by atoms with E-state index in [0.717, 1.165) is 33.4 Å². The molecule has 2 rings (SSSR count). The molecule has 0 spiro atoms. The molecule has 2 nitrogen and oxygen atoms in total. The SMILES string of the molecule is Cc1c(C(C)(C)C)cc(C(C)(C)C)c([O-])c1-c1c(C)c(C(C)(C)C)cc(C(C)(C)C)c1[O-].[Na+].[Na+]. The third kappa shape index (κ3) is 6.67. The second-order valence-electron chi connectivity index (χ2n) is 13.6. The average Bonchev–Trinajstić information content (AvgIpc) is 2.52. The van der Waals surface area contributed by atoms with Crippen LogP contribution in [-0.2, 0) is 21.7 Å². The number of rotatable bonds is 1. The Hall–Kier alpha value is 0.0400. The second-order valence-corrected chi connectivity index (χ2v) is 13.6. The summed E-state index contributed by atoms with van der Waals surface area (Å²) in [5.41, 5.74) is 5.97. The number of benzene rings is 2. The van der Waals surface area contributed by atoms with Crippen molar-refractivity contribution < 1.29 is 69.3 Å². The van der Waals surface area contributed by atoms with E-state index in [1.807, 2.05) is 13.8 Å². The van der Waals surface area contributed by atoms with Crippen LogP contribution in [0.3, 0.4) is 0 Å². The van der Waals surface area contributed by atoms with Crippen molar-refractivity contribution in [3.63, 3.8) is 0 Å². The normalized spacial score (nSPS) is 12.8. The zero-order chi connectivity index (χ0) is 25.2. The molecule has 0 heterocycles. The van der Waals surface area contributed by atoms with Gasteiger partial charge < -0.3 is 10.2 Å². The van der Waals surface area contributed by atoms with Crippen molar-refractivity contribution in [3.05, 3.63) is 45.5 Å². The minimum absolute atomic E-state index is 0. The maximum atomic E-state index is 14.0. The quantitative estimate of drug-likeness (QED) is 0.576. The van der Waals surface area contributed by atoms with Crippen molar-refractivity contribution in [1.29, 1.82) is 0 Å². The summed E-state index contributed by atoms with van der Waals surface area (Å²) in [7, 11) is 0. The minimum Gasteiger partial charge on any atom is -0.872 e. The van der Waals surface area contributed by atoms with Crippen molar-refractivity contribution in [2.24, 2.45) is 0 Å². The molecule has 0 bridgehead atoms. The van der Waals surface area contributed by atoms with Crippen LogP contribution in [0.25, 0.3) is 11.1 Å². The molecule has 0 atom stereocenters. The van der Waals surface area contributed by atoms with Gasteiger partial charge >= 0.3 is 59.1 Å². The molecular formula is C30H44Na2O2. The Bertz CT molecular complexity index is 876. The van der Waals surface area contributed by atoms with Crippen molar-refractivity contribution in [2.45, 2.75) is 119 Å². The van der Waals surface area contributed by atoms with Crippen LogP contribution in [0, 0.1) is 13.8 Å². The third-order valence-corrected chi connectivity index (χ3v) is 6.56. The smallest absolute Gasteiger partial charge is 0.872 e. The molecule has 0 amide bonds. The van der Waals surface area contributed by atoms with Crippen LogP contribution in [0.4, 0.5) is 0 Å². The summed E-state index contributed by atoms with van der Waals surface area (Å²) in [5, 5.41) is 28.0. The first-order valence-corrected chi connectivity index (χ1v) is 11.8. The Labute approximate surface area is 253 Å². The van der Waals surface area contributed by atoms with E-state index in [0.29, 0.717) is 11.1 Å². The fourth-order valence-corrected chi connectivity index (χ4v) is 4.79. The van der Waals surface area contributed by atoms with Gasteiger partial charge in [-0.05, 0) is 80.0 Å². The van der Waals surface area contributed by atoms with E-state index in [1.165, 1.54) is 0 Å². The topological polar surface area (TPSA) is 46.1 Å². The molecule has 0 aliphatic rings. The van der Waals surface area contributed by atoms with E-state index in [-0.39, 0.29) is 92.3 Å². The van der Waals surface area contributed by atoms with Gasteiger partial charge in [0.2, 0.25) is 0 Å². The van der Waals surface area contributed by atoms with E-state index in [2.05, 4.69) is 95.2 Å². The van der Waals surface area contributed by atoms with Gasteiger partial charge in [0.25, 0.3) is 0 Å². The molecule has 0 aromatic heterocycles. The molecule has 0 aliphatic heterocycles. The van der Waals surface area contributed by atoms with Gasteiger partial charge in [-0.3, -0.25) is 0 Å². The molecule has 0 N–H and O–H groups in total. The molecule has 0 unspecified atom stereocenters. The van der Waals surface area contributed by atoms with Crippen molar-refractivity contribution in [2.75, 3.05) is 0 Å². The summed E-state index contributed by atoms with van der Waals surface area (Å²) in [6.07, 6.45) is 0. The van der Waals surface area contributed by atoms with Gasteiger partial charge in [0, 0.05) is 0 Å². The molecule has 0 fully saturated rings. The van der Waals surface area contributed by atoms with Gasteiger partial charge in [-0.2, -0.15) is 0 Å². The Morgan fingerprint density at radius 1 is 0.441 bits per heavy atom. The predicted octanol–water partition coefficient (Wildman–Crippen LogP) is 1.32. The molecule has 178 valence electrons. The molecule has 0 saturated heterocycles. The molecule has 0 radical (unpaired) electrons. The van der Waals surface area contributed by atoms with Gasteiger partial charge in [0.1, 0.15) is 0 Å². The summed E-state index contributed by atoms with van der Waals surface area (Å²) in [4.78, 5) is 0. The maximum absolute atomic E-state index is 14.0. The molecule has 0 saturated carbocycles. The zero-order valence-corrected chi connectivity index (χ0v) is 29.0. The van der Waals surface area contributed by atoms with E-state index in [1.54, 1.807) is 0 Å². The van der Waals surface area contributed by atoms with Crippen LogP contribution in [0.5, 0.6) is 11.5 Å². The zero-order valence-electron chi connectivity index (χ0n) is 25.0. The van der Waals surface area contributed by atoms with Gasteiger partial charge in [-0.25, -0.2) is 0 Å². The second kappa shape index (κ2) is 10.8. The van der Waals surface area contributed by atoms with E-state index in [4.69, 9.17) is 0 Å². The van der Waals surface area contributed by atoms with E-state index in [9.17, 15) is 10.2 Å². The van der Waals surface area contributed by atoms with Crippen LogP contribution >= 0.6 is 0 Å². The first kappa shape index (κ1) is 34.0. The summed E-state index contributed by atoms with van der Waals surface area (Å²) < 4.78 is 0. The molecular weight excluding hydrogens is 438 g/mol. The molecule has 0 aliphatic carbocycles. The van der Waals surface area contributed by atoms with Crippen molar-refractivity contribution in [3.8, 4) is 22.6 Å². The number of hydrogen-bond acceptors (Lipinski definition) is 2. The predicted molar refractivity (Wildman–Crippen MR) is 135 cm³/mol. The summed E-state index contributed by atoms with van der Waals surface area (Å²) >= 11 is 0. The Kier molecular flexibility index (Phi) is 10.8. The summed E-state index contributed by atoms with van der Waals surface area (Å²) in [6, 6.07) is 4.17. The number of hydrogen-bond donors (Lipinski definition) is 0. The Morgan fingerprint density at radius 3 is 0.824 bits per heavy atom. The van der Waals surface area contributed by atoms with Gasteiger partial charge in [0.15, 0.2) is 0 Å². The third-order valence-electron chi connectivity index (χ3n) is 6.56. The van der Waals surface area contributed by atoms with E-state index >= 15 is 0 Å². The maximum Gasteiger partial charge on any atom is 1.00 e. The molecule has 2 aromatic rings. The Morgan fingerprint density at radius 2 is 0.647 bits per heavy atom. The van der Waals surface area contributed by atoms with Crippen LogP contribution in [0.2, 0.25) is 0 Å². The van der Waals surface area contributed by atoms with Gasteiger partial charge in [-0.1, -0.05) is 107 Å². The largest absolute Gasteiger partial charge is 1.00 e. The fourth-order valence-electron chi connectivity index (χ4n) is 4.79. The fraction of sp³-hybridized carbons (Fsp3) is 0.600. The summed E-state index contributed by atoms with van der Waals surface area (Å²) in [5.74, 6) is -0.0109. The first-order chi connectivity index (χ1) is 14.1. The van der Waals surface area contributed by atoms with E-state index < -0.39 is 0 Å². The molecule has 2 aromatic carbocycles. The van der Waals surface area contributed by atoms with Crippen LogP contribution in [0.1, 0.15) is 116 Å². The van der Waals surface area contributed by atoms with Gasteiger partial charge in [-0.15, -0.1) is 0 Å². The molecule has 4 heteroatoms. The summed E-state index contributed by atoms with van der Waals surface area (Å²) in [6.45, 7) is 29.5. The van der Waals surface area contributed by atoms with Crippen LogP contribution in [-0.4, -0.2) is 0 Å². The van der Waals surface area contributed by atoms with Gasteiger partial charge in [0.05, 0.1) is 0 Å². The first-order valence-electron chi connectivity index (χ1n) is 11.8. The van der Waals surface area contributed by atoms with Crippen LogP contribution < -0.4 is 69.3 Å². The monoisotopic (exact) mass is 482 g/mol. The minimum atomic E-state index is -0.315. The van der Waals surface area contributed by atoms with Crippen molar-refractivity contribution >= 4 is 0 Å². The Balaban J connectivity index is 0.00000544. The molecule has 34 heavy (non-hydrogen) atoms.